The van der Waals surface area contributed by atoms with Crippen LogP contribution >= 0.6 is 11.8 Å². The third-order valence-corrected chi connectivity index (χ3v) is 11.8. The molecular formula is C33H41NO6S. The van der Waals surface area contributed by atoms with Crippen LogP contribution in [0.1, 0.15) is 70.4 Å². The van der Waals surface area contributed by atoms with Crippen LogP contribution in [-0.4, -0.2) is 40.7 Å². The van der Waals surface area contributed by atoms with E-state index in [-0.39, 0.29) is 52.3 Å². The van der Waals surface area contributed by atoms with Crippen LogP contribution in [0.25, 0.3) is 0 Å². The van der Waals surface area contributed by atoms with Gasteiger partial charge in [-0.15, -0.1) is 18.3 Å². The van der Waals surface area contributed by atoms with Crippen molar-refractivity contribution in [1.29, 1.82) is 0 Å². The molecule has 1 amide bonds. The van der Waals surface area contributed by atoms with Crippen LogP contribution in [0.4, 0.5) is 5.69 Å². The molecule has 0 unspecified atom stereocenters. The van der Waals surface area contributed by atoms with Gasteiger partial charge in [-0.2, -0.15) is 0 Å². The average molecular weight is 580 g/mol. The predicted octanol–water partition coefficient (Wildman–Crippen LogP) is 6.53. The van der Waals surface area contributed by atoms with E-state index in [9.17, 15) is 19.5 Å². The number of benzene rings is 1. The standard InChI is InChI=1S/C33H41NO6S/c1-6-31(4)18-26(32(5)20(2)13-15-33(21(3)29(31)37)16-14-24(35)28(32)33)40-27(36)19-41-23-11-9-22(10-12-23)34-30(38)25-8-7-17-39-25/h6-12,17,20-21,26,28-29,37H,1,13-16,18-19H2,2-5H3,(H,34,38)/t20-,21+,26-,28+,29+,31-,32+,33+/m1/s1. The number of furan rings is 1. The molecule has 0 aliphatic heterocycles. The fourth-order valence-corrected chi connectivity index (χ4v) is 8.75. The third kappa shape index (κ3) is 5.07. The van der Waals surface area contributed by atoms with Crippen molar-refractivity contribution in [2.75, 3.05) is 11.1 Å². The predicted molar refractivity (Wildman–Crippen MR) is 158 cm³/mol. The molecule has 1 aromatic heterocycles. The Morgan fingerprint density at radius 2 is 1.93 bits per heavy atom. The van der Waals surface area contributed by atoms with E-state index < -0.39 is 23.0 Å². The summed E-state index contributed by atoms with van der Waals surface area (Å²) in [6.45, 7) is 12.5. The Kier molecular flexibility index (Phi) is 8.03. The molecule has 2 bridgehead atoms. The minimum Gasteiger partial charge on any atom is -0.461 e. The first-order valence-corrected chi connectivity index (χ1v) is 15.5. The van der Waals surface area contributed by atoms with Gasteiger partial charge in [0, 0.05) is 33.8 Å². The summed E-state index contributed by atoms with van der Waals surface area (Å²) in [4.78, 5) is 40.0. The number of thioether (sulfide) groups is 1. The molecule has 0 radical (unpaired) electrons. The molecule has 1 aromatic carbocycles. The number of anilines is 1. The van der Waals surface area contributed by atoms with E-state index in [2.05, 4.69) is 32.7 Å². The van der Waals surface area contributed by atoms with Crippen molar-refractivity contribution in [3.63, 3.8) is 0 Å². The number of rotatable bonds is 7. The molecule has 3 aliphatic carbocycles. The average Bonchev–Trinajstić information content (AvgIpc) is 3.62. The second-order valence-corrected chi connectivity index (χ2v) is 13.9. The van der Waals surface area contributed by atoms with Gasteiger partial charge in [-0.3, -0.25) is 14.4 Å². The molecular weight excluding hydrogens is 538 g/mol. The van der Waals surface area contributed by atoms with Crippen molar-refractivity contribution >= 4 is 35.1 Å². The molecule has 3 saturated carbocycles. The molecule has 8 atom stereocenters. The topological polar surface area (TPSA) is 106 Å². The maximum atomic E-state index is 13.5. The molecule has 7 nitrogen and oxygen atoms in total. The number of ether oxygens (including phenoxy) is 1. The number of esters is 1. The van der Waals surface area contributed by atoms with Crippen molar-refractivity contribution in [1.82, 2.24) is 0 Å². The molecule has 3 fully saturated rings. The van der Waals surface area contributed by atoms with Gasteiger partial charge in [-0.25, -0.2) is 0 Å². The molecule has 220 valence electrons. The second kappa shape index (κ2) is 11.1. The van der Waals surface area contributed by atoms with E-state index in [4.69, 9.17) is 9.15 Å². The van der Waals surface area contributed by atoms with Gasteiger partial charge in [0.1, 0.15) is 11.9 Å². The van der Waals surface area contributed by atoms with Gasteiger partial charge >= 0.3 is 5.97 Å². The summed E-state index contributed by atoms with van der Waals surface area (Å²) in [5.74, 6) is -0.220. The maximum Gasteiger partial charge on any atom is 0.316 e. The van der Waals surface area contributed by atoms with Crippen LogP contribution in [-0.2, 0) is 14.3 Å². The fourth-order valence-electron chi connectivity index (χ4n) is 8.07. The van der Waals surface area contributed by atoms with Gasteiger partial charge < -0.3 is 19.6 Å². The van der Waals surface area contributed by atoms with Crippen LogP contribution in [0.5, 0.6) is 0 Å². The summed E-state index contributed by atoms with van der Waals surface area (Å²) in [6.07, 6.45) is 5.60. The van der Waals surface area contributed by atoms with Gasteiger partial charge in [-0.1, -0.05) is 33.8 Å². The quantitative estimate of drug-likeness (QED) is 0.218. The van der Waals surface area contributed by atoms with Crippen LogP contribution in [0.15, 0.2) is 64.6 Å². The lowest BCUT2D eigenvalue weighted by atomic mass is 9.44. The summed E-state index contributed by atoms with van der Waals surface area (Å²) >= 11 is 1.36. The Labute approximate surface area is 246 Å². The van der Waals surface area contributed by atoms with Crippen molar-refractivity contribution in [3.05, 3.63) is 61.1 Å². The first kappa shape index (κ1) is 29.6. The zero-order valence-electron chi connectivity index (χ0n) is 24.4. The highest BCUT2D eigenvalue weighted by Gasteiger charge is 2.68. The molecule has 0 saturated heterocycles. The lowest BCUT2D eigenvalue weighted by Gasteiger charge is -2.61. The molecule has 1 heterocycles. The molecule has 5 rings (SSSR count). The molecule has 2 aromatic rings. The van der Waals surface area contributed by atoms with E-state index in [0.29, 0.717) is 18.5 Å². The molecule has 3 aliphatic rings. The largest absolute Gasteiger partial charge is 0.461 e. The highest BCUT2D eigenvalue weighted by Crippen LogP contribution is 2.68. The van der Waals surface area contributed by atoms with Crippen LogP contribution in [0.2, 0.25) is 0 Å². The zero-order chi connectivity index (χ0) is 29.6. The lowest BCUT2D eigenvalue weighted by Crippen LogP contribution is -2.63. The fraction of sp³-hybridized carbons (Fsp3) is 0.545. The second-order valence-electron chi connectivity index (χ2n) is 12.8. The van der Waals surface area contributed by atoms with Gasteiger partial charge in [0.25, 0.3) is 5.91 Å². The van der Waals surface area contributed by atoms with Crippen LogP contribution < -0.4 is 5.32 Å². The highest BCUT2D eigenvalue weighted by molar-refractivity contribution is 8.00. The molecule has 2 N–H and O–H groups in total. The van der Waals surface area contributed by atoms with Crippen molar-refractivity contribution in [3.8, 4) is 0 Å². The summed E-state index contributed by atoms with van der Waals surface area (Å²) in [5.41, 5.74) is -0.863. The van der Waals surface area contributed by atoms with Crippen LogP contribution in [0, 0.1) is 34.0 Å². The number of aliphatic hydroxyl groups is 1. The number of nitrogens with one attached hydrogen (secondary N) is 1. The Morgan fingerprint density at radius 3 is 2.59 bits per heavy atom. The van der Waals surface area contributed by atoms with Crippen molar-refractivity contribution in [2.45, 2.75) is 76.9 Å². The number of aliphatic hydroxyl groups excluding tert-OH is 1. The number of carbonyl (C=O) groups excluding carboxylic acids is 3. The minimum atomic E-state index is -0.686. The third-order valence-electron chi connectivity index (χ3n) is 10.8. The number of hydrogen-bond donors (Lipinski definition) is 2. The number of hydrogen-bond acceptors (Lipinski definition) is 7. The van der Waals surface area contributed by atoms with E-state index in [1.165, 1.54) is 18.0 Å². The SMILES string of the molecule is C=C[C@]1(C)C[C@@H](OC(=O)CSc2ccc(NC(=O)c3ccco3)cc2)[C@]2(C)[C@H](C)CC[C@]3(CCC(=O)[C@H]32)[C@@H](C)[C@@H]1O. The van der Waals surface area contributed by atoms with Crippen molar-refractivity contribution in [2.24, 2.45) is 34.0 Å². The number of Topliss-reactive ketones (excluding diaryl/α,β-unsaturated/α-hetero) is 1. The molecule has 8 heteroatoms. The first-order chi connectivity index (χ1) is 19.4. The molecule has 0 spiro atoms. The Balaban J connectivity index is 1.32. The summed E-state index contributed by atoms with van der Waals surface area (Å²) in [7, 11) is 0. The summed E-state index contributed by atoms with van der Waals surface area (Å²) in [5, 5.41) is 14.4. The maximum absolute atomic E-state index is 13.5. The smallest absolute Gasteiger partial charge is 0.316 e. The van der Waals surface area contributed by atoms with Gasteiger partial charge in [0.2, 0.25) is 0 Å². The van der Waals surface area contributed by atoms with E-state index in [1.54, 1.807) is 24.3 Å². The highest BCUT2D eigenvalue weighted by atomic mass is 32.2. The van der Waals surface area contributed by atoms with E-state index in [1.807, 2.05) is 25.1 Å². The molecule has 41 heavy (non-hydrogen) atoms. The number of amides is 1. The first-order valence-electron chi connectivity index (χ1n) is 14.6. The summed E-state index contributed by atoms with van der Waals surface area (Å²) < 4.78 is 11.4. The van der Waals surface area contributed by atoms with Crippen molar-refractivity contribution < 1.29 is 28.6 Å². The van der Waals surface area contributed by atoms with Gasteiger partial charge in [0.15, 0.2) is 5.76 Å². The Morgan fingerprint density at radius 1 is 1.20 bits per heavy atom. The Hall–Kier alpha value is -2.84. The van der Waals surface area contributed by atoms with E-state index >= 15 is 0 Å². The Bertz CT molecular complexity index is 1310. The van der Waals surface area contributed by atoms with Gasteiger partial charge in [-0.05, 0) is 79.3 Å². The van der Waals surface area contributed by atoms with Crippen LogP contribution in [0.3, 0.4) is 0 Å². The number of carbonyl (C=O) groups is 3. The number of ketones is 1. The normalized spacial score (nSPS) is 36.5. The zero-order valence-corrected chi connectivity index (χ0v) is 25.2. The monoisotopic (exact) mass is 579 g/mol. The minimum absolute atomic E-state index is 0.0622. The van der Waals surface area contributed by atoms with Gasteiger partial charge in [0.05, 0.1) is 18.1 Å². The van der Waals surface area contributed by atoms with E-state index in [0.717, 1.165) is 24.2 Å². The summed E-state index contributed by atoms with van der Waals surface area (Å²) in [6, 6.07) is 10.5. The lowest BCUT2D eigenvalue weighted by molar-refractivity contribution is -0.205.